The third kappa shape index (κ3) is 3.63. The molecular weight excluding hydrogens is 298 g/mol. The first-order valence-corrected chi connectivity index (χ1v) is 7.09. The van der Waals surface area contributed by atoms with Crippen molar-refractivity contribution in [1.82, 2.24) is 0 Å². The number of nitrogen functional groups attached to an aromatic ring is 1. The number of thioether (sulfide) groups is 1. The summed E-state index contributed by atoms with van der Waals surface area (Å²) in [6.45, 7) is 0. The van der Waals surface area contributed by atoms with E-state index < -0.39 is 4.92 Å². The van der Waals surface area contributed by atoms with E-state index in [0.717, 1.165) is 10.5 Å². The first-order valence-electron chi connectivity index (χ1n) is 5.72. The van der Waals surface area contributed by atoms with Gasteiger partial charge in [0, 0.05) is 21.7 Å². The summed E-state index contributed by atoms with van der Waals surface area (Å²) in [5, 5.41) is 11.6. The van der Waals surface area contributed by atoms with Gasteiger partial charge >= 0.3 is 0 Å². The van der Waals surface area contributed by atoms with E-state index in [1.165, 1.54) is 6.07 Å². The highest BCUT2D eigenvalue weighted by Crippen LogP contribution is 2.29. The minimum Gasteiger partial charge on any atom is -0.318 e. The van der Waals surface area contributed by atoms with Gasteiger partial charge in [0.2, 0.25) is 0 Å². The Morgan fingerprint density at radius 1 is 1.30 bits per heavy atom. The lowest BCUT2D eigenvalue weighted by molar-refractivity contribution is -0.384. The number of nitro benzene ring substituents is 1. The van der Waals surface area contributed by atoms with Gasteiger partial charge in [-0.1, -0.05) is 23.7 Å². The molecule has 2 aromatic carbocycles. The molecule has 5 nitrogen and oxygen atoms in total. The topological polar surface area (TPSA) is 81.2 Å². The van der Waals surface area contributed by atoms with Gasteiger partial charge in [0.1, 0.15) is 5.69 Å². The van der Waals surface area contributed by atoms with Crippen LogP contribution in [0.15, 0.2) is 47.4 Å². The maximum Gasteiger partial charge on any atom is 0.293 e. The van der Waals surface area contributed by atoms with Crippen molar-refractivity contribution >= 4 is 34.7 Å². The van der Waals surface area contributed by atoms with Crippen molar-refractivity contribution in [3.63, 3.8) is 0 Å². The van der Waals surface area contributed by atoms with Crippen molar-refractivity contribution in [1.29, 1.82) is 0 Å². The van der Waals surface area contributed by atoms with E-state index >= 15 is 0 Å². The zero-order valence-corrected chi connectivity index (χ0v) is 11.9. The van der Waals surface area contributed by atoms with E-state index in [9.17, 15) is 10.1 Å². The Kier molecular flexibility index (Phi) is 4.84. The van der Waals surface area contributed by atoms with Gasteiger partial charge < -0.3 is 5.43 Å². The van der Waals surface area contributed by atoms with E-state index in [1.807, 2.05) is 18.2 Å². The number of halogens is 1. The maximum atomic E-state index is 10.9. The Morgan fingerprint density at radius 2 is 2.10 bits per heavy atom. The Morgan fingerprint density at radius 3 is 2.75 bits per heavy atom. The van der Waals surface area contributed by atoms with Gasteiger partial charge in [0.15, 0.2) is 0 Å². The monoisotopic (exact) mass is 309 g/mol. The fraction of sp³-hybridized carbons (Fsp3) is 0.0769. The zero-order chi connectivity index (χ0) is 14.5. The van der Waals surface area contributed by atoms with Crippen LogP contribution in [0.1, 0.15) is 5.56 Å². The molecule has 0 saturated heterocycles. The molecule has 3 N–H and O–H groups in total. The maximum absolute atomic E-state index is 10.9. The minimum atomic E-state index is -0.456. The van der Waals surface area contributed by atoms with Crippen molar-refractivity contribution in [2.24, 2.45) is 5.84 Å². The third-order valence-corrected chi connectivity index (χ3v) is 3.92. The molecule has 104 valence electrons. The minimum absolute atomic E-state index is 0.0308. The SMILES string of the molecule is NNc1ccc(CSc2cccc(Cl)c2)cc1[N+](=O)[O-]. The lowest BCUT2D eigenvalue weighted by atomic mass is 10.2. The number of benzene rings is 2. The van der Waals surface area contributed by atoms with Crippen LogP contribution in [0, 0.1) is 10.1 Å². The molecule has 0 unspecified atom stereocenters. The Hall–Kier alpha value is -1.76. The molecule has 2 rings (SSSR count). The molecule has 0 radical (unpaired) electrons. The molecule has 0 aromatic heterocycles. The number of hydrogen-bond donors (Lipinski definition) is 2. The molecule has 0 aliphatic heterocycles. The highest BCUT2D eigenvalue weighted by atomic mass is 35.5. The van der Waals surface area contributed by atoms with Gasteiger partial charge in [0.05, 0.1) is 4.92 Å². The summed E-state index contributed by atoms with van der Waals surface area (Å²) in [4.78, 5) is 11.5. The first kappa shape index (κ1) is 14.6. The molecule has 0 aliphatic rings. The van der Waals surface area contributed by atoms with E-state index in [-0.39, 0.29) is 5.69 Å². The Balaban J connectivity index is 2.14. The number of hydrazine groups is 1. The standard InChI is InChI=1S/C13H12ClN3O2S/c14-10-2-1-3-11(7-10)20-8-9-4-5-12(16-15)13(6-9)17(18)19/h1-7,16H,8,15H2. The van der Waals surface area contributed by atoms with E-state index in [2.05, 4.69) is 5.43 Å². The number of nitrogens with one attached hydrogen (secondary N) is 1. The lowest BCUT2D eigenvalue weighted by Crippen LogP contribution is -2.09. The molecule has 0 amide bonds. The number of nitrogens with two attached hydrogens (primary N) is 1. The Labute approximate surface area is 125 Å². The largest absolute Gasteiger partial charge is 0.318 e. The summed E-state index contributed by atoms with van der Waals surface area (Å²) in [6, 6.07) is 12.4. The van der Waals surface area contributed by atoms with Gasteiger partial charge in [-0.3, -0.25) is 16.0 Å². The second-order valence-electron chi connectivity index (χ2n) is 4.00. The highest BCUT2D eigenvalue weighted by Gasteiger charge is 2.13. The van der Waals surface area contributed by atoms with Crippen molar-refractivity contribution in [3.8, 4) is 0 Å². The van der Waals surface area contributed by atoms with Crippen LogP contribution in [-0.2, 0) is 5.75 Å². The quantitative estimate of drug-likeness (QED) is 0.380. The Bertz CT molecular complexity index is 637. The van der Waals surface area contributed by atoms with Crippen molar-refractivity contribution in [2.75, 3.05) is 5.43 Å². The molecule has 7 heteroatoms. The summed E-state index contributed by atoms with van der Waals surface area (Å²) in [7, 11) is 0. The second-order valence-corrected chi connectivity index (χ2v) is 5.48. The molecule has 0 bridgehead atoms. The number of nitro groups is 1. The van der Waals surface area contributed by atoms with E-state index in [1.54, 1.807) is 30.0 Å². The van der Waals surface area contributed by atoms with Crippen LogP contribution < -0.4 is 11.3 Å². The predicted octanol–water partition coefficient (Wildman–Crippen LogP) is 3.83. The molecule has 0 aliphatic carbocycles. The number of nitrogens with zero attached hydrogens (tertiary/aromatic N) is 1. The van der Waals surface area contributed by atoms with Crippen molar-refractivity contribution in [3.05, 3.63) is 63.2 Å². The van der Waals surface area contributed by atoms with Gasteiger partial charge in [-0.15, -0.1) is 11.8 Å². The molecule has 2 aromatic rings. The molecule has 0 atom stereocenters. The summed E-state index contributed by atoms with van der Waals surface area (Å²) < 4.78 is 0. The third-order valence-electron chi connectivity index (χ3n) is 2.62. The average Bonchev–Trinajstić information content (AvgIpc) is 2.45. The molecule has 0 heterocycles. The van der Waals surface area contributed by atoms with Crippen LogP contribution in [0.4, 0.5) is 11.4 Å². The molecular formula is C13H12ClN3O2S. The molecule has 0 saturated carbocycles. The van der Waals surface area contributed by atoms with Crippen LogP contribution >= 0.6 is 23.4 Å². The summed E-state index contributed by atoms with van der Waals surface area (Å²) in [5.74, 6) is 5.86. The van der Waals surface area contributed by atoms with Crippen LogP contribution in [0.3, 0.4) is 0 Å². The van der Waals surface area contributed by atoms with E-state index in [4.69, 9.17) is 17.4 Å². The summed E-state index contributed by atoms with van der Waals surface area (Å²) in [6.07, 6.45) is 0. The summed E-state index contributed by atoms with van der Waals surface area (Å²) in [5.41, 5.74) is 3.43. The van der Waals surface area contributed by atoms with Gasteiger partial charge in [0.25, 0.3) is 5.69 Å². The number of rotatable bonds is 5. The highest BCUT2D eigenvalue weighted by molar-refractivity contribution is 7.98. The lowest BCUT2D eigenvalue weighted by Gasteiger charge is -2.05. The van der Waals surface area contributed by atoms with Gasteiger partial charge in [-0.25, -0.2) is 0 Å². The molecule has 20 heavy (non-hydrogen) atoms. The fourth-order valence-corrected chi connectivity index (χ4v) is 2.82. The second kappa shape index (κ2) is 6.60. The van der Waals surface area contributed by atoms with Crippen LogP contribution in [0.2, 0.25) is 5.02 Å². The normalized spacial score (nSPS) is 10.3. The van der Waals surface area contributed by atoms with Crippen LogP contribution in [0.25, 0.3) is 0 Å². The van der Waals surface area contributed by atoms with Crippen LogP contribution in [0.5, 0.6) is 0 Å². The first-order chi connectivity index (χ1) is 9.60. The van der Waals surface area contributed by atoms with Crippen LogP contribution in [-0.4, -0.2) is 4.92 Å². The number of hydrogen-bond acceptors (Lipinski definition) is 5. The zero-order valence-electron chi connectivity index (χ0n) is 10.4. The van der Waals surface area contributed by atoms with Crippen molar-refractivity contribution in [2.45, 2.75) is 10.6 Å². The fourth-order valence-electron chi connectivity index (χ4n) is 1.66. The smallest absolute Gasteiger partial charge is 0.293 e. The van der Waals surface area contributed by atoms with Crippen molar-refractivity contribution < 1.29 is 4.92 Å². The predicted molar refractivity (Wildman–Crippen MR) is 81.9 cm³/mol. The number of anilines is 1. The van der Waals surface area contributed by atoms with Gasteiger partial charge in [-0.05, 0) is 29.8 Å². The molecule has 0 spiro atoms. The average molecular weight is 310 g/mol. The van der Waals surface area contributed by atoms with E-state index in [0.29, 0.717) is 16.5 Å². The summed E-state index contributed by atoms with van der Waals surface area (Å²) >= 11 is 7.47. The molecule has 0 fully saturated rings. The van der Waals surface area contributed by atoms with Gasteiger partial charge in [-0.2, -0.15) is 0 Å².